The van der Waals surface area contributed by atoms with E-state index in [2.05, 4.69) is 9.97 Å². The number of anilines is 1. The first-order chi connectivity index (χ1) is 12.3. The highest BCUT2D eigenvalue weighted by atomic mass is 16.5. The number of aliphatic hydroxyl groups excluding tert-OH is 1. The van der Waals surface area contributed by atoms with E-state index in [0.717, 1.165) is 11.1 Å². The first kappa shape index (κ1) is 16.7. The maximum absolute atomic E-state index is 8.89. The zero-order chi connectivity index (χ0) is 17.5. The van der Waals surface area contributed by atoms with Crippen molar-refractivity contribution in [3.63, 3.8) is 0 Å². The van der Waals surface area contributed by atoms with Gasteiger partial charge in [0.2, 0.25) is 11.8 Å². The van der Waals surface area contributed by atoms with Crippen molar-refractivity contribution >= 4 is 5.95 Å². The van der Waals surface area contributed by atoms with Gasteiger partial charge in [0.05, 0.1) is 12.3 Å². The van der Waals surface area contributed by atoms with Crippen LogP contribution in [-0.4, -0.2) is 28.3 Å². The molecule has 0 unspecified atom stereocenters. The molecule has 0 radical (unpaired) electrons. The Morgan fingerprint density at radius 1 is 0.920 bits per heavy atom. The Bertz CT molecular complexity index is 825. The van der Waals surface area contributed by atoms with Gasteiger partial charge in [0, 0.05) is 11.6 Å². The summed E-state index contributed by atoms with van der Waals surface area (Å²) in [4.78, 5) is 8.28. The molecule has 3 rings (SSSR count). The van der Waals surface area contributed by atoms with Gasteiger partial charge in [-0.3, -0.25) is 0 Å². The van der Waals surface area contributed by atoms with Crippen molar-refractivity contribution in [2.75, 3.05) is 18.9 Å². The predicted molar refractivity (Wildman–Crippen MR) is 95.2 cm³/mol. The van der Waals surface area contributed by atoms with Crippen LogP contribution in [0.3, 0.4) is 0 Å². The summed E-state index contributed by atoms with van der Waals surface area (Å²) >= 11 is 0. The zero-order valence-corrected chi connectivity index (χ0v) is 13.6. The Morgan fingerprint density at radius 2 is 1.68 bits per heavy atom. The van der Waals surface area contributed by atoms with E-state index in [-0.39, 0.29) is 19.2 Å². The second-order valence-corrected chi connectivity index (χ2v) is 5.29. The Morgan fingerprint density at radius 3 is 2.48 bits per heavy atom. The fraction of sp³-hybridized carbons (Fsp3) is 0.158. The minimum absolute atomic E-state index is 0.100. The second kappa shape index (κ2) is 8.12. The molecule has 0 spiro atoms. The van der Waals surface area contributed by atoms with Gasteiger partial charge in [-0.1, -0.05) is 42.5 Å². The van der Waals surface area contributed by atoms with Crippen molar-refractivity contribution in [3.05, 3.63) is 66.2 Å². The minimum Gasteiger partial charge on any atom is -0.488 e. The lowest BCUT2D eigenvalue weighted by Gasteiger charge is -2.12. The van der Waals surface area contributed by atoms with Crippen LogP contribution in [-0.2, 0) is 6.61 Å². The Kier molecular flexibility index (Phi) is 5.43. The van der Waals surface area contributed by atoms with Crippen LogP contribution in [0.1, 0.15) is 5.56 Å². The van der Waals surface area contributed by atoms with Gasteiger partial charge in [-0.25, -0.2) is 4.98 Å². The highest BCUT2D eigenvalue weighted by molar-refractivity contribution is 5.68. The van der Waals surface area contributed by atoms with Crippen LogP contribution in [0.25, 0.3) is 11.3 Å². The largest absolute Gasteiger partial charge is 0.488 e. The molecule has 0 saturated heterocycles. The van der Waals surface area contributed by atoms with E-state index >= 15 is 0 Å². The SMILES string of the molecule is Nc1nc(OCCO)cc(-c2ccccc2OCc2ccccc2)n1. The average Bonchev–Trinajstić information content (AvgIpc) is 2.65. The lowest BCUT2D eigenvalue weighted by Crippen LogP contribution is -2.06. The van der Waals surface area contributed by atoms with Crippen molar-refractivity contribution in [2.24, 2.45) is 0 Å². The van der Waals surface area contributed by atoms with Gasteiger partial charge in [-0.05, 0) is 17.7 Å². The first-order valence-corrected chi connectivity index (χ1v) is 7.90. The molecule has 2 aromatic carbocycles. The lowest BCUT2D eigenvalue weighted by molar-refractivity contribution is 0.197. The molecule has 6 heteroatoms. The van der Waals surface area contributed by atoms with E-state index in [0.29, 0.717) is 23.9 Å². The fourth-order valence-corrected chi connectivity index (χ4v) is 2.34. The smallest absolute Gasteiger partial charge is 0.223 e. The topological polar surface area (TPSA) is 90.5 Å². The molecular weight excluding hydrogens is 318 g/mol. The summed E-state index contributed by atoms with van der Waals surface area (Å²) in [7, 11) is 0. The normalized spacial score (nSPS) is 10.4. The van der Waals surface area contributed by atoms with Crippen molar-refractivity contribution in [1.82, 2.24) is 9.97 Å². The van der Waals surface area contributed by atoms with Gasteiger partial charge < -0.3 is 20.3 Å². The van der Waals surface area contributed by atoms with Crippen molar-refractivity contribution < 1.29 is 14.6 Å². The highest BCUT2D eigenvalue weighted by Crippen LogP contribution is 2.31. The molecular formula is C19H19N3O3. The van der Waals surface area contributed by atoms with Crippen molar-refractivity contribution in [1.29, 1.82) is 0 Å². The number of aliphatic hydroxyl groups is 1. The van der Waals surface area contributed by atoms with E-state index in [4.69, 9.17) is 20.3 Å². The van der Waals surface area contributed by atoms with Gasteiger partial charge in [0.25, 0.3) is 0 Å². The van der Waals surface area contributed by atoms with Crippen molar-refractivity contribution in [2.45, 2.75) is 6.61 Å². The molecule has 128 valence electrons. The number of aromatic nitrogens is 2. The van der Waals surface area contributed by atoms with Crippen molar-refractivity contribution in [3.8, 4) is 22.9 Å². The predicted octanol–water partition coefficient (Wildman–Crippen LogP) is 2.68. The summed E-state index contributed by atoms with van der Waals surface area (Å²) in [5, 5.41) is 8.89. The van der Waals surface area contributed by atoms with Crippen LogP contribution in [0.2, 0.25) is 0 Å². The standard InChI is InChI=1S/C19H19N3O3/c20-19-21-16(12-18(22-19)24-11-10-23)15-8-4-5-9-17(15)25-13-14-6-2-1-3-7-14/h1-9,12,23H,10-11,13H2,(H2,20,21,22). The molecule has 3 aromatic rings. The lowest BCUT2D eigenvalue weighted by atomic mass is 10.1. The Hall–Kier alpha value is -3.12. The molecule has 0 fully saturated rings. The number of nitrogens with two attached hydrogens (primary N) is 1. The summed E-state index contributed by atoms with van der Waals surface area (Å²) in [6.07, 6.45) is 0. The molecule has 0 saturated carbocycles. The quantitative estimate of drug-likeness (QED) is 0.689. The third-order valence-electron chi connectivity index (χ3n) is 3.46. The number of para-hydroxylation sites is 1. The van der Waals surface area contributed by atoms with Gasteiger partial charge in [-0.15, -0.1) is 0 Å². The van der Waals surface area contributed by atoms with E-state index < -0.39 is 0 Å². The summed E-state index contributed by atoms with van der Waals surface area (Å²) in [5.74, 6) is 1.11. The van der Waals surface area contributed by atoms with Gasteiger partial charge >= 0.3 is 0 Å². The van der Waals surface area contributed by atoms with E-state index in [1.165, 1.54) is 0 Å². The van der Waals surface area contributed by atoms with E-state index in [9.17, 15) is 0 Å². The number of hydrogen-bond donors (Lipinski definition) is 2. The summed E-state index contributed by atoms with van der Waals surface area (Å²) in [6.45, 7) is 0.490. The summed E-state index contributed by atoms with van der Waals surface area (Å²) < 4.78 is 11.3. The third-order valence-corrected chi connectivity index (χ3v) is 3.46. The molecule has 0 atom stereocenters. The van der Waals surface area contributed by atoms with Crippen LogP contribution >= 0.6 is 0 Å². The number of benzene rings is 2. The molecule has 0 bridgehead atoms. The molecule has 6 nitrogen and oxygen atoms in total. The van der Waals surface area contributed by atoms with Crippen LogP contribution in [0.15, 0.2) is 60.7 Å². The number of nitrogen functional groups attached to an aromatic ring is 1. The third kappa shape index (κ3) is 4.45. The molecule has 0 aliphatic carbocycles. The summed E-state index contributed by atoms with van der Waals surface area (Å²) in [5.41, 5.74) is 8.25. The second-order valence-electron chi connectivity index (χ2n) is 5.29. The van der Waals surface area contributed by atoms with Gasteiger partial charge in [-0.2, -0.15) is 4.98 Å². The molecule has 0 aliphatic rings. The van der Waals surface area contributed by atoms with E-state index in [1.807, 2.05) is 54.6 Å². The Balaban J connectivity index is 1.86. The van der Waals surface area contributed by atoms with Gasteiger partial charge in [0.1, 0.15) is 19.0 Å². The van der Waals surface area contributed by atoms with E-state index in [1.54, 1.807) is 6.07 Å². The maximum atomic E-state index is 8.89. The number of rotatable bonds is 7. The number of ether oxygens (including phenoxy) is 2. The minimum atomic E-state index is -0.101. The van der Waals surface area contributed by atoms with Crippen LogP contribution in [0.4, 0.5) is 5.95 Å². The molecule has 0 aliphatic heterocycles. The average molecular weight is 337 g/mol. The number of hydrogen-bond acceptors (Lipinski definition) is 6. The molecule has 0 amide bonds. The maximum Gasteiger partial charge on any atom is 0.223 e. The number of nitrogens with zero attached hydrogens (tertiary/aromatic N) is 2. The fourth-order valence-electron chi connectivity index (χ4n) is 2.34. The molecule has 25 heavy (non-hydrogen) atoms. The van der Waals surface area contributed by atoms with Crippen LogP contribution in [0, 0.1) is 0 Å². The zero-order valence-electron chi connectivity index (χ0n) is 13.6. The Labute approximate surface area is 145 Å². The first-order valence-electron chi connectivity index (χ1n) is 7.90. The van der Waals surface area contributed by atoms with Gasteiger partial charge in [0.15, 0.2) is 0 Å². The monoisotopic (exact) mass is 337 g/mol. The summed E-state index contributed by atoms with van der Waals surface area (Å²) in [6, 6.07) is 19.2. The highest BCUT2D eigenvalue weighted by Gasteiger charge is 2.11. The van der Waals surface area contributed by atoms with Crippen LogP contribution in [0.5, 0.6) is 11.6 Å². The molecule has 1 aromatic heterocycles. The van der Waals surface area contributed by atoms with Crippen LogP contribution < -0.4 is 15.2 Å². The molecule has 3 N–H and O–H groups in total. The molecule has 1 heterocycles.